The normalized spacial score (nSPS) is 45.8. The highest BCUT2D eigenvalue weighted by molar-refractivity contribution is 4.92. The maximum atomic E-state index is 5.78. The summed E-state index contributed by atoms with van der Waals surface area (Å²) in [6, 6.07) is 0.422. The molecule has 2 saturated heterocycles. The van der Waals surface area contributed by atoms with Crippen LogP contribution in [0.2, 0.25) is 0 Å². The van der Waals surface area contributed by atoms with Gasteiger partial charge in [0.2, 0.25) is 0 Å². The van der Waals surface area contributed by atoms with Crippen LogP contribution < -0.4 is 5.32 Å². The molecule has 0 aromatic heterocycles. The highest BCUT2D eigenvalue weighted by Crippen LogP contribution is 2.33. The third-order valence-corrected chi connectivity index (χ3v) is 2.61. The highest BCUT2D eigenvalue weighted by atomic mass is 16.8. The second-order valence-electron chi connectivity index (χ2n) is 4.17. The summed E-state index contributed by atoms with van der Waals surface area (Å²) >= 11 is 0. The topological polar surface area (TPSA) is 30.5 Å². The molecule has 70 valence electrons. The third kappa shape index (κ3) is 1.37. The maximum Gasteiger partial charge on any atom is 0.163 e. The van der Waals surface area contributed by atoms with Crippen LogP contribution >= 0.6 is 0 Å². The molecular formula is C9H17NO2. The Labute approximate surface area is 73.4 Å². The first-order valence-corrected chi connectivity index (χ1v) is 4.67. The van der Waals surface area contributed by atoms with E-state index in [0.717, 1.165) is 13.0 Å². The lowest BCUT2D eigenvalue weighted by molar-refractivity contribution is -0.146. The number of piperidine rings is 1. The molecule has 0 aromatic rings. The molecule has 0 saturated carbocycles. The molecule has 0 aliphatic carbocycles. The van der Waals surface area contributed by atoms with E-state index in [1.165, 1.54) is 0 Å². The predicted molar refractivity (Wildman–Crippen MR) is 45.9 cm³/mol. The number of ether oxygens (including phenoxy) is 2. The lowest BCUT2D eigenvalue weighted by Crippen LogP contribution is -2.49. The molecule has 3 nitrogen and oxygen atoms in total. The first-order valence-electron chi connectivity index (χ1n) is 4.67. The van der Waals surface area contributed by atoms with Gasteiger partial charge in [-0.15, -0.1) is 0 Å². The van der Waals surface area contributed by atoms with Crippen LogP contribution in [0.3, 0.4) is 0 Å². The summed E-state index contributed by atoms with van der Waals surface area (Å²) in [6.07, 6.45) is 1.61. The van der Waals surface area contributed by atoms with Gasteiger partial charge in [0.25, 0.3) is 0 Å². The molecule has 1 N–H and O–H groups in total. The van der Waals surface area contributed by atoms with Crippen LogP contribution in [0, 0.1) is 0 Å². The Kier molecular flexibility index (Phi) is 1.90. The number of rotatable bonds is 0. The Bertz CT molecular complexity index is 181. The van der Waals surface area contributed by atoms with Crippen molar-refractivity contribution in [2.45, 2.75) is 51.2 Å². The number of hydrogen-bond donors (Lipinski definition) is 1. The fourth-order valence-corrected chi connectivity index (χ4v) is 2.08. The molecular weight excluding hydrogens is 154 g/mol. The summed E-state index contributed by atoms with van der Waals surface area (Å²) in [4.78, 5) is 0. The van der Waals surface area contributed by atoms with Gasteiger partial charge < -0.3 is 14.8 Å². The van der Waals surface area contributed by atoms with Gasteiger partial charge in [-0.25, -0.2) is 0 Å². The van der Waals surface area contributed by atoms with Crippen LogP contribution in [0.4, 0.5) is 0 Å². The van der Waals surface area contributed by atoms with E-state index in [9.17, 15) is 0 Å². The van der Waals surface area contributed by atoms with Crippen LogP contribution in [-0.4, -0.2) is 30.6 Å². The van der Waals surface area contributed by atoms with E-state index in [1.54, 1.807) is 0 Å². The van der Waals surface area contributed by atoms with E-state index >= 15 is 0 Å². The first kappa shape index (κ1) is 8.48. The molecule has 2 aliphatic heterocycles. The van der Waals surface area contributed by atoms with Crippen molar-refractivity contribution in [3.63, 3.8) is 0 Å². The van der Waals surface area contributed by atoms with Crippen molar-refractivity contribution in [2.24, 2.45) is 0 Å². The van der Waals surface area contributed by atoms with Gasteiger partial charge in [0, 0.05) is 6.04 Å². The number of hydrogen-bond acceptors (Lipinski definition) is 3. The predicted octanol–water partition coefficient (Wildman–Crippen LogP) is 0.888. The minimum Gasteiger partial charge on any atom is -0.344 e. The Morgan fingerprint density at radius 1 is 1.33 bits per heavy atom. The van der Waals surface area contributed by atoms with E-state index in [0.29, 0.717) is 12.1 Å². The van der Waals surface area contributed by atoms with E-state index in [4.69, 9.17) is 9.47 Å². The van der Waals surface area contributed by atoms with Crippen molar-refractivity contribution < 1.29 is 9.47 Å². The molecule has 0 spiro atoms. The van der Waals surface area contributed by atoms with Gasteiger partial charge in [0.1, 0.15) is 6.10 Å². The average molecular weight is 171 g/mol. The third-order valence-electron chi connectivity index (χ3n) is 2.61. The number of nitrogens with one attached hydrogen (secondary N) is 1. The molecule has 0 amide bonds. The summed E-state index contributed by atoms with van der Waals surface area (Å²) in [5, 5.41) is 3.39. The largest absolute Gasteiger partial charge is 0.344 e. The molecule has 12 heavy (non-hydrogen) atoms. The standard InChI is InChI=1S/C9H17NO2/c1-6-8-7(4-5-10-6)11-9(2,3)12-8/h6-8,10H,4-5H2,1-3H3. The summed E-state index contributed by atoms with van der Waals surface area (Å²) in [5.41, 5.74) is 0. The van der Waals surface area contributed by atoms with Gasteiger partial charge in [-0.3, -0.25) is 0 Å². The van der Waals surface area contributed by atoms with Crippen molar-refractivity contribution in [1.82, 2.24) is 5.32 Å². The van der Waals surface area contributed by atoms with Crippen LogP contribution in [-0.2, 0) is 9.47 Å². The van der Waals surface area contributed by atoms with E-state index in [2.05, 4.69) is 12.2 Å². The molecule has 0 bridgehead atoms. The molecule has 2 aliphatic rings. The van der Waals surface area contributed by atoms with Crippen molar-refractivity contribution in [1.29, 1.82) is 0 Å². The Balaban J connectivity index is 2.09. The zero-order chi connectivity index (χ0) is 8.77. The van der Waals surface area contributed by atoms with Gasteiger partial charge in [-0.1, -0.05) is 0 Å². The summed E-state index contributed by atoms with van der Waals surface area (Å²) in [7, 11) is 0. The highest BCUT2D eigenvalue weighted by Gasteiger charge is 2.45. The fraction of sp³-hybridized carbons (Fsp3) is 1.00. The summed E-state index contributed by atoms with van der Waals surface area (Å²) in [5.74, 6) is -0.379. The van der Waals surface area contributed by atoms with Gasteiger partial charge in [0.15, 0.2) is 5.79 Å². The van der Waals surface area contributed by atoms with Crippen LogP contribution in [0.15, 0.2) is 0 Å². The summed E-state index contributed by atoms with van der Waals surface area (Å²) < 4.78 is 11.5. The summed E-state index contributed by atoms with van der Waals surface area (Å²) in [6.45, 7) is 7.17. The average Bonchev–Trinajstić information content (AvgIpc) is 2.25. The van der Waals surface area contributed by atoms with E-state index < -0.39 is 0 Å². The molecule has 0 radical (unpaired) electrons. The van der Waals surface area contributed by atoms with E-state index in [1.807, 2.05) is 13.8 Å². The number of fused-ring (bicyclic) bond motifs is 1. The lowest BCUT2D eigenvalue weighted by Gasteiger charge is -2.29. The smallest absolute Gasteiger partial charge is 0.163 e. The van der Waals surface area contributed by atoms with Crippen molar-refractivity contribution in [2.75, 3.05) is 6.54 Å². The molecule has 0 aromatic carbocycles. The maximum absolute atomic E-state index is 5.78. The monoisotopic (exact) mass is 171 g/mol. The first-order chi connectivity index (χ1) is 5.58. The fourth-order valence-electron chi connectivity index (χ4n) is 2.08. The van der Waals surface area contributed by atoms with Crippen molar-refractivity contribution >= 4 is 0 Å². The lowest BCUT2D eigenvalue weighted by atomic mass is 10.0. The van der Waals surface area contributed by atoms with Crippen LogP contribution in [0.1, 0.15) is 27.2 Å². The van der Waals surface area contributed by atoms with Gasteiger partial charge in [0.05, 0.1) is 6.10 Å². The van der Waals surface area contributed by atoms with E-state index in [-0.39, 0.29) is 11.9 Å². The Morgan fingerprint density at radius 2 is 2.08 bits per heavy atom. The SMILES string of the molecule is CC1NCCC2OC(C)(C)OC12. The molecule has 2 heterocycles. The minimum absolute atomic E-state index is 0.244. The molecule has 2 rings (SSSR count). The molecule has 3 atom stereocenters. The van der Waals surface area contributed by atoms with Crippen LogP contribution in [0.25, 0.3) is 0 Å². The Hall–Kier alpha value is -0.120. The van der Waals surface area contributed by atoms with Crippen LogP contribution in [0.5, 0.6) is 0 Å². The quantitative estimate of drug-likeness (QED) is 0.587. The molecule has 3 unspecified atom stereocenters. The van der Waals surface area contributed by atoms with Gasteiger partial charge in [-0.2, -0.15) is 0 Å². The zero-order valence-corrected chi connectivity index (χ0v) is 7.96. The Morgan fingerprint density at radius 3 is 2.75 bits per heavy atom. The van der Waals surface area contributed by atoms with Crippen molar-refractivity contribution in [3.05, 3.63) is 0 Å². The van der Waals surface area contributed by atoms with Crippen molar-refractivity contribution in [3.8, 4) is 0 Å². The zero-order valence-electron chi connectivity index (χ0n) is 7.96. The molecule has 2 fully saturated rings. The second-order valence-corrected chi connectivity index (χ2v) is 4.17. The van der Waals surface area contributed by atoms with Gasteiger partial charge >= 0.3 is 0 Å². The van der Waals surface area contributed by atoms with Gasteiger partial charge in [-0.05, 0) is 33.7 Å². The minimum atomic E-state index is -0.379. The molecule has 3 heteroatoms. The second kappa shape index (κ2) is 2.69.